The zero-order valence-corrected chi connectivity index (χ0v) is 18.5. The Labute approximate surface area is 177 Å². The zero-order chi connectivity index (χ0) is 20.9. The molecule has 0 spiro atoms. The molecule has 6 atom stereocenters. The molecule has 4 nitrogen and oxygen atoms in total. The van der Waals surface area contributed by atoms with Gasteiger partial charge in [0.1, 0.15) is 5.60 Å². The molecule has 2 N–H and O–H groups in total. The summed E-state index contributed by atoms with van der Waals surface area (Å²) in [7, 11) is 0. The van der Waals surface area contributed by atoms with Gasteiger partial charge in [0.2, 0.25) is 0 Å². The first-order valence-corrected chi connectivity index (χ1v) is 12.3. The summed E-state index contributed by atoms with van der Waals surface area (Å²) in [4.78, 5) is 13.2. The number of carbonyl (C=O) groups is 1. The number of fused-ring (bicyclic) bond motifs is 1. The topological polar surface area (TPSA) is 66.8 Å². The lowest BCUT2D eigenvalue weighted by molar-refractivity contribution is -0.217. The van der Waals surface area contributed by atoms with Crippen molar-refractivity contribution in [3.05, 3.63) is 12.2 Å². The van der Waals surface area contributed by atoms with Gasteiger partial charge in [0, 0.05) is 24.4 Å². The number of ether oxygens (including phenoxy) is 1. The molecule has 0 saturated heterocycles. The Morgan fingerprint density at radius 2 is 1.86 bits per heavy atom. The van der Waals surface area contributed by atoms with Gasteiger partial charge in [-0.2, -0.15) is 0 Å². The van der Waals surface area contributed by atoms with Crippen molar-refractivity contribution in [1.82, 2.24) is 0 Å². The monoisotopic (exact) mass is 406 g/mol. The van der Waals surface area contributed by atoms with Crippen molar-refractivity contribution in [3.63, 3.8) is 0 Å². The SMILES string of the molecule is CCCCO[C@]12CC[C@@H](O)[C@H](C=C[C@@H](O)C3CCCCC3)[C@H]1C(CCCC)C2=O. The minimum absolute atomic E-state index is 0.00648. The third kappa shape index (κ3) is 4.80. The maximum absolute atomic E-state index is 13.2. The summed E-state index contributed by atoms with van der Waals surface area (Å²) in [5.74, 6) is 0.559. The Balaban J connectivity index is 1.76. The summed E-state index contributed by atoms with van der Waals surface area (Å²) in [5, 5.41) is 21.5. The molecule has 3 fully saturated rings. The van der Waals surface area contributed by atoms with Gasteiger partial charge >= 0.3 is 0 Å². The van der Waals surface area contributed by atoms with E-state index in [1.165, 1.54) is 19.3 Å². The largest absolute Gasteiger partial charge is 0.393 e. The molecule has 0 amide bonds. The smallest absolute Gasteiger partial charge is 0.168 e. The number of aliphatic hydroxyl groups is 2. The number of hydrogen-bond donors (Lipinski definition) is 2. The number of hydrogen-bond acceptors (Lipinski definition) is 4. The molecule has 0 aliphatic heterocycles. The second-order valence-electron chi connectivity index (χ2n) is 9.69. The van der Waals surface area contributed by atoms with Crippen molar-refractivity contribution in [2.75, 3.05) is 6.61 Å². The van der Waals surface area contributed by atoms with Gasteiger partial charge < -0.3 is 14.9 Å². The normalized spacial score (nSPS) is 36.8. The van der Waals surface area contributed by atoms with Crippen LogP contribution in [0, 0.1) is 23.7 Å². The summed E-state index contributed by atoms with van der Waals surface area (Å²) in [6.45, 7) is 4.91. The van der Waals surface area contributed by atoms with Crippen LogP contribution in [0.3, 0.4) is 0 Å². The molecule has 3 aliphatic carbocycles. The van der Waals surface area contributed by atoms with Gasteiger partial charge in [0.15, 0.2) is 5.78 Å². The molecule has 166 valence electrons. The first-order valence-electron chi connectivity index (χ1n) is 12.3. The van der Waals surface area contributed by atoms with E-state index < -0.39 is 17.8 Å². The predicted molar refractivity (Wildman–Crippen MR) is 116 cm³/mol. The van der Waals surface area contributed by atoms with Crippen LogP contribution in [-0.4, -0.2) is 40.4 Å². The summed E-state index contributed by atoms with van der Waals surface area (Å²) in [6.07, 6.45) is 15.2. The van der Waals surface area contributed by atoms with E-state index in [2.05, 4.69) is 13.8 Å². The van der Waals surface area contributed by atoms with E-state index in [0.717, 1.165) is 44.9 Å². The quantitative estimate of drug-likeness (QED) is 0.403. The van der Waals surface area contributed by atoms with E-state index in [0.29, 0.717) is 25.4 Å². The average molecular weight is 407 g/mol. The molecule has 29 heavy (non-hydrogen) atoms. The first-order chi connectivity index (χ1) is 14.0. The fraction of sp³-hybridized carbons (Fsp3) is 0.880. The number of ketones is 1. The third-order valence-electron chi connectivity index (χ3n) is 7.79. The lowest BCUT2D eigenvalue weighted by atomic mass is 9.49. The molecule has 1 unspecified atom stereocenters. The number of carbonyl (C=O) groups excluding carboxylic acids is 1. The van der Waals surface area contributed by atoms with Crippen LogP contribution in [0.1, 0.15) is 90.9 Å². The summed E-state index contributed by atoms with van der Waals surface area (Å²) >= 11 is 0. The van der Waals surface area contributed by atoms with E-state index >= 15 is 0 Å². The van der Waals surface area contributed by atoms with Crippen molar-refractivity contribution < 1.29 is 19.7 Å². The summed E-state index contributed by atoms with van der Waals surface area (Å²) in [6, 6.07) is 0. The third-order valence-corrected chi connectivity index (χ3v) is 7.79. The predicted octanol–water partition coefficient (Wildman–Crippen LogP) is 4.82. The van der Waals surface area contributed by atoms with Crippen molar-refractivity contribution in [3.8, 4) is 0 Å². The molecule has 3 rings (SSSR count). The number of rotatable bonds is 10. The second-order valence-corrected chi connectivity index (χ2v) is 9.69. The van der Waals surface area contributed by atoms with E-state index in [9.17, 15) is 15.0 Å². The van der Waals surface area contributed by atoms with Crippen LogP contribution in [0.2, 0.25) is 0 Å². The van der Waals surface area contributed by atoms with E-state index in [1.54, 1.807) is 0 Å². The van der Waals surface area contributed by atoms with Crippen LogP contribution in [0.5, 0.6) is 0 Å². The summed E-state index contributed by atoms with van der Waals surface area (Å²) < 4.78 is 6.28. The number of aliphatic hydroxyl groups excluding tert-OH is 2. The Kier molecular flexibility index (Phi) is 8.35. The zero-order valence-electron chi connectivity index (χ0n) is 18.5. The van der Waals surface area contributed by atoms with Gasteiger partial charge in [0.05, 0.1) is 12.2 Å². The van der Waals surface area contributed by atoms with Crippen molar-refractivity contribution in [1.29, 1.82) is 0 Å². The van der Waals surface area contributed by atoms with Gasteiger partial charge in [-0.15, -0.1) is 0 Å². The molecule has 0 heterocycles. The first kappa shape index (κ1) is 23.0. The van der Waals surface area contributed by atoms with Gasteiger partial charge in [-0.1, -0.05) is 64.5 Å². The molecular formula is C25H42O4. The van der Waals surface area contributed by atoms with E-state index in [4.69, 9.17) is 4.74 Å². The van der Waals surface area contributed by atoms with E-state index in [-0.39, 0.29) is 23.5 Å². The van der Waals surface area contributed by atoms with Crippen LogP contribution in [0.4, 0.5) is 0 Å². The van der Waals surface area contributed by atoms with Crippen LogP contribution in [-0.2, 0) is 9.53 Å². The molecule has 3 saturated carbocycles. The maximum Gasteiger partial charge on any atom is 0.168 e. The van der Waals surface area contributed by atoms with Gasteiger partial charge in [-0.05, 0) is 44.4 Å². The Morgan fingerprint density at radius 1 is 1.14 bits per heavy atom. The number of unbranched alkanes of at least 4 members (excludes halogenated alkanes) is 2. The molecular weight excluding hydrogens is 364 g/mol. The molecule has 0 aromatic carbocycles. The highest BCUT2D eigenvalue weighted by Gasteiger charge is 2.66. The Bertz CT molecular complexity index is 553. The lowest BCUT2D eigenvalue weighted by Crippen LogP contribution is -2.70. The van der Waals surface area contributed by atoms with Gasteiger partial charge in [-0.25, -0.2) is 0 Å². The lowest BCUT2D eigenvalue weighted by Gasteiger charge is -2.59. The maximum atomic E-state index is 13.2. The van der Waals surface area contributed by atoms with Crippen LogP contribution in [0.25, 0.3) is 0 Å². The van der Waals surface area contributed by atoms with E-state index in [1.807, 2.05) is 12.2 Å². The van der Waals surface area contributed by atoms with Crippen LogP contribution >= 0.6 is 0 Å². The summed E-state index contributed by atoms with van der Waals surface area (Å²) in [5.41, 5.74) is -0.697. The fourth-order valence-corrected chi connectivity index (χ4v) is 6.03. The molecule has 0 aromatic rings. The molecule has 3 aliphatic rings. The molecule has 4 heteroatoms. The Hall–Kier alpha value is -0.710. The van der Waals surface area contributed by atoms with Crippen LogP contribution in [0.15, 0.2) is 12.2 Å². The highest BCUT2D eigenvalue weighted by atomic mass is 16.5. The average Bonchev–Trinajstić information content (AvgIpc) is 2.75. The fourth-order valence-electron chi connectivity index (χ4n) is 6.03. The molecule has 0 aromatic heterocycles. The van der Waals surface area contributed by atoms with Crippen LogP contribution < -0.4 is 0 Å². The minimum atomic E-state index is -0.697. The minimum Gasteiger partial charge on any atom is -0.393 e. The second kappa shape index (κ2) is 10.5. The van der Waals surface area contributed by atoms with Crippen molar-refractivity contribution in [2.45, 2.75) is 109 Å². The van der Waals surface area contributed by atoms with Crippen molar-refractivity contribution in [2.24, 2.45) is 23.7 Å². The van der Waals surface area contributed by atoms with Crippen molar-refractivity contribution >= 4 is 5.78 Å². The number of Topliss-reactive ketones (excluding diaryl/α,β-unsaturated/α-hetero) is 1. The Morgan fingerprint density at radius 3 is 2.55 bits per heavy atom. The standard InChI is InChI=1S/C25H42O4/c1-3-5-12-20-23-19(13-14-21(26)18-10-8-7-9-11-18)22(27)15-16-25(23,24(20)28)29-17-6-4-2/h13-14,18-23,26-27H,3-12,15-17H2,1-2H3/t19-,20?,21+,22+,23-,25+/m0/s1. The highest BCUT2D eigenvalue weighted by molar-refractivity contribution is 5.97. The highest BCUT2D eigenvalue weighted by Crippen LogP contribution is 2.56. The van der Waals surface area contributed by atoms with Gasteiger partial charge in [0.25, 0.3) is 0 Å². The molecule has 0 bridgehead atoms. The van der Waals surface area contributed by atoms with Gasteiger partial charge in [-0.3, -0.25) is 4.79 Å². The molecule has 0 radical (unpaired) electrons.